The molecule has 1 aromatic rings. The Morgan fingerprint density at radius 2 is 1.38 bits per heavy atom. The highest BCUT2D eigenvalue weighted by Gasteiger charge is 2.14. The van der Waals surface area contributed by atoms with Gasteiger partial charge in [0.2, 0.25) is 0 Å². The second kappa shape index (κ2) is 13.0. The normalized spacial score (nSPS) is 11.6. The van der Waals surface area contributed by atoms with Crippen LogP contribution in [0.15, 0.2) is 23.1 Å². The van der Waals surface area contributed by atoms with Gasteiger partial charge in [-0.15, -0.1) is 0 Å². The third kappa shape index (κ3) is 10.0. The summed E-state index contributed by atoms with van der Waals surface area (Å²) in [5, 5.41) is 0. The monoisotopic (exact) mass is 385 g/mol. The van der Waals surface area contributed by atoms with Gasteiger partial charge in [0.05, 0.1) is 12.3 Å². The number of rotatable bonds is 15. The number of anilines is 1. The molecule has 0 aromatic heterocycles. The minimum absolute atomic E-state index is 0.000283. The lowest BCUT2D eigenvalue weighted by atomic mass is 10.1. The van der Waals surface area contributed by atoms with Gasteiger partial charge in [0.25, 0.3) is 10.1 Å². The lowest BCUT2D eigenvalue weighted by Crippen LogP contribution is -2.04. The van der Waals surface area contributed by atoms with Crippen molar-refractivity contribution in [3.8, 4) is 5.75 Å². The zero-order valence-corrected chi connectivity index (χ0v) is 16.9. The molecule has 1 rings (SSSR count). The average Bonchev–Trinajstić information content (AvgIpc) is 2.58. The van der Waals surface area contributed by atoms with Crippen molar-refractivity contribution >= 4 is 15.8 Å². The van der Waals surface area contributed by atoms with Crippen LogP contribution >= 0.6 is 0 Å². The summed E-state index contributed by atoms with van der Waals surface area (Å²) in [6, 6.07) is 4.21. The first-order valence-electron chi connectivity index (χ1n) is 9.95. The maximum atomic E-state index is 11.1. The minimum Gasteiger partial charge on any atom is -0.494 e. The van der Waals surface area contributed by atoms with Crippen LogP contribution in [0.4, 0.5) is 5.69 Å². The molecule has 0 aliphatic heterocycles. The summed E-state index contributed by atoms with van der Waals surface area (Å²) >= 11 is 0. The second-order valence-corrected chi connectivity index (χ2v) is 8.30. The predicted molar refractivity (Wildman–Crippen MR) is 107 cm³/mol. The zero-order valence-electron chi connectivity index (χ0n) is 16.1. The molecule has 3 N–H and O–H groups in total. The number of nitrogen functional groups attached to an aromatic ring is 1. The van der Waals surface area contributed by atoms with E-state index in [1.807, 2.05) is 0 Å². The van der Waals surface area contributed by atoms with Crippen molar-refractivity contribution in [1.29, 1.82) is 0 Å². The molecule has 0 radical (unpaired) electrons. The maximum Gasteiger partial charge on any atom is 0.296 e. The zero-order chi connectivity index (χ0) is 19.3. The number of hydrogen-bond donors (Lipinski definition) is 2. The molecule has 0 spiro atoms. The number of nitrogens with two attached hydrogens (primary N) is 1. The number of benzene rings is 1. The van der Waals surface area contributed by atoms with Crippen molar-refractivity contribution < 1.29 is 17.7 Å². The van der Waals surface area contributed by atoms with Crippen LogP contribution < -0.4 is 10.5 Å². The fourth-order valence-corrected chi connectivity index (χ4v) is 3.58. The van der Waals surface area contributed by atoms with E-state index < -0.39 is 10.1 Å². The summed E-state index contributed by atoms with van der Waals surface area (Å²) in [6.07, 6.45) is 15.5. The Morgan fingerprint density at radius 1 is 0.885 bits per heavy atom. The molecule has 0 amide bonds. The molecule has 0 saturated carbocycles. The molecule has 0 atom stereocenters. The third-order valence-electron chi connectivity index (χ3n) is 4.53. The van der Waals surface area contributed by atoms with Crippen molar-refractivity contribution in [1.82, 2.24) is 0 Å². The van der Waals surface area contributed by atoms with Gasteiger partial charge in [-0.2, -0.15) is 8.42 Å². The van der Waals surface area contributed by atoms with Gasteiger partial charge >= 0.3 is 0 Å². The molecule has 0 aliphatic carbocycles. The molecule has 150 valence electrons. The molecule has 5 nitrogen and oxygen atoms in total. The summed E-state index contributed by atoms with van der Waals surface area (Å²) in [6.45, 7) is 2.84. The van der Waals surface area contributed by atoms with Gasteiger partial charge in [-0.25, -0.2) is 0 Å². The molecule has 0 unspecified atom stereocenters. The van der Waals surface area contributed by atoms with Crippen LogP contribution in [0.1, 0.15) is 84.0 Å². The molecule has 0 heterocycles. The maximum absolute atomic E-state index is 11.1. The quantitative estimate of drug-likeness (QED) is 0.233. The molecule has 0 bridgehead atoms. The van der Waals surface area contributed by atoms with Gasteiger partial charge < -0.3 is 10.5 Å². The molecule has 6 heteroatoms. The first-order valence-corrected chi connectivity index (χ1v) is 11.4. The van der Waals surface area contributed by atoms with Gasteiger partial charge in [0.15, 0.2) is 0 Å². The smallest absolute Gasteiger partial charge is 0.296 e. The van der Waals surface area contributed by atoms with E-state index in [2.05, 4.69) is 6.92 Å². The van der Waals surface area contributed by atoms with Crippen LogP contribution in [0.5, 0.6) is 5.75 Å². The van der Waals surface area contributed by atoms with Crippen LogP contribution in [0, 0.1) is 0 Å². The second-order valence-electron chi connectivity index (χ2n) is 6.91. The number of hydrogen-bond acceptors (Lipinski definition) is 4. The van der Waals surface area contributed by atoms with Crippen LogP contribution in [0.25, 0.3) is 0 Å². The van der Waals surface area contributed by atoms with Crippen LogP contribution in [-0.4, -0.2) is 19.6 Å². The third-order valence-corrected chi connectivity index (χ3v) is 5.45. The summed E-state index contributed by atoms with van der Waals surface area (Å²) in [5.74, 6) is 0.526. The van der Waals surface area contributed by atoms with E-state index >= 15 is 0 Å². The number of unbranched alkanes of at least 4 members (excludes halogenated alkanes) is 11. The van der Waals surface area contributed by atoms with Gasteiger partial charge in [0.1, 0.15) is 10.6 Å². The van der Waals surface area contributed by atoms with E-state index in [1.165, 1.54) is 82.4 Å². The average molecular weight is 386 g/mol. The topological polar surface area (TPSA) is 89.6 Å². The first-order chi connectivity index (χ1) is 12.4. The lowest BCUT2D eigenvalue weighted by Gasteiger charge is -2.08. The Bertz CT molecular complexity index is 602. The van der Waals surface area contributed by atoms with E-state index in [1.54, 1.807) is 0 Å². The van der Waals surface area contributed by atoms with Gasteiger partial charge in [-0.05, 0) is 18.6 Å². The predicted octanol–water partition coefficient (Wildman–Crippen LogP) is 5.60. The van der Waals surface area contributed by atoms with Crippen LogP contribution in [0.3, 0.4) is 0 Å². The molecule has 26 heavy (non-hydrogen) atoms. The molecule has 0 fully saturated rings. The highest BCUT2D eigenvalue weighted by molar-refractivity contribution is 7.86. The first kappa shape index (κ1) is 22.8. The fourth-order valence-electron chi connectivity index (χ4n) is 2.98. The largest absolute Gasteiger partial charge is 0.494 e. The molecule has 1 aromatic carbocycles. The van der Waals surface area contributed by atoms with Gasteiger partial charge in [-0.1, -0.05) is 77.6 Å². The van der Waals surface area contributed by atoms with Crippen molar-refractivity contribution in [2.24, 2.45) is 0 Å². The van der Waals surface area contributed by atoms with Crippen molar-refractivity contribution in [2.75, 3.05) is 12.3 Å². The highest BCUT2D eigenvalue weighted by Crippen LogP contribution is 2.24. The Balaban J connectivity index is 2.02. The van der Waals surface area contributed by atoms with Crippen LogP contribution in [-0.2, 0) is 10.1 Å². The summed E-state index contributed by atoms with van der Waals surface area (Å²) in [5.41, 5.74) is 5.63. The highest BCUT2D eigenvalue weighted by atomic mass is 32.2. The van der Waals surface area contributed by atoms with E-state index in [0.717, 1.165) is 12.8 Å². The Labute approximate surface area is 159 Å². The minimum atomic E-state index is -4.28. The van der Waals surface area contributed by atoms with E-state index in [-0.39, 0.29) is 10.6 Å². The van der Waals surface area contributed by atoms with Gasteiger partial charge in [-0.3, -0.25) is 4.55 Å². The lowest BCUT2D eigenvalue weighted by molar-refractivity contribution is 0.304. The summed E-state index contributed by atoms with van der Waals surface area (Å²) in [7, 11) is -4.28. The fraction of sp³-hybridized carbons (Fsp3) is 0.700. The van der Waals surface area contributed by atoms with E-state index in [0.29, 0.717) is 12.4 Å². The standard InChI is InChI=1S/C20H35NO4S/c1-2-3-4-5-6-7-8-9-10-11-12-13-16-25-18-14-15-20(19(21)17-18)26(22,23)24/h14-15,17H,2-13,16,21H2,1H3,(H,22,23,24). The van der Waals surface area contributed by atoms with Crippen molar-refractivity contribution in [2.45, 2.75) is 88.9 Å². The van der Waals surface area contributed by atoms with Gasteiger partial charge in [0, 0.05) is 6.07 Å². The molecule has 0 saturated heterocycles. The summed E-state index contributed by atoms with van der Waals surface area (Å²) < 4.78 is 36.8. The Kier molecular flexibility index (Phi) is 11.4. The number of ether oxygens (including phenoxy) is 1. The van der Waals surface area contributed by atoms with Crippen molar-refractivity contribution in [3.63, 3.8) is 0 Å². The van der Waals surface area contributed by atoms with E-state index in [4.69, 9.17) is 15.0 Å². The molecule has 0 aliphatic rings. The summed E-state index contributed by atoms with van der Waals surface area (Å²) in [4.78, 5) is -0.282. The molecular formula is C20H35NO4S. The molecular weight excluding hydrogens is 350 g/mol. The van der Waals surface area contributed by atoms with Crippen LogP contribution in [0.2, 0.25) is 0 Å². The Hall–Kier alpha value is -1.27. The SMILES string of the molecule is CCCCCCCCCCCCCCOc1ccc(S(=O)(=O)O)c(N)c1. The van der Waals surface area contributed by atoms with Crippen molar-refractivity contribution in [3.05, 3.63) is 18.2 Å². The van der Waals surface area contributed by atoms with E-state index in [9.17, 15) is 8.42 Å². The Morgan fingerprint density at radius 3 is 1.85 bits per heavy atom.